The highest BCUT2D eigenvalue weighted by Gasteiger charge is 2.26. The Morgan fingerprint density at radius 3 is 3.00 bits per heavy atom. The molecule has 106 valence electrons. The molecule has 3 N–H and O–H groups in total. The third kappa shape index (κ3) is 3.47. The second-order valence-corrected chi connectivity index (χ2v) is 5.04. The van der Waals surface area contributed by atoms with Crippen LogP contribution in [0.25, 0.3) is 0 Å². The van der Waals surface area contributed by atoms with Crippen molar-refractivity contribution in [2.45, 2.75) is 44.8 Å². The van der Waals surface area contributed by atoms with Crippen LogP contribution in [-0.2, 0) is 4.74 Å². The fourth-order valence-corrected chi connectivity index (χ4v) is 2.74. The summed E-state index contributed by atoms with van der Waals surface area (Å²) in [6.07, 6.45) is 2.12. The first-order chi connectivity index (χ1) is 9.26. The van der Waals surface area contributed by atoms with Crippen molar-refractivity contribution in [1.82, 2.24) is 5.43 Å². The topological polar surface area (TPSA) is 56.5 Å². The van der Waals surface area contributed by atoms with Crippen LogP contribution in [0.5, 0.6) is 5.75 Å². The molecule has 0 aliphatic carbocycles. The molecular weight excluding hydrogens is 240 g/mol. The molecule has 3 atom stereocenters. The lowest BCUT2D eigenvalue weighted by Crippen LogP contribution is -2.45. The molecule has 4 heteroatoms. The van der Waals surface area contributed by atoms with E-state index in [1.807, 2.05) is 19.1 Å². The van der Waals surface area contributed by atoms with Gasteiger partial charge < -0.3 is 9.47 Å². The zero-order chi connectivity index (χ0) is 13.7. The van der Waals surface area contributed by atoms with E-state index >= 15 is 0 Å². The lowest BCUT2D eigenvalue weighted by Gasteiger charge is -2.31. The standard InChI is InChI=1S/C15H24N2O2/c1-3-18-11(2)14(17-16)10-12-8-9-19-15-7-5-4-6-13(12)15/h4-7,11-12,14,17H,3,8-10,16H2,1-2H3. The summed E-state index contributed by atoms with van der Waals surface area (Å²) in [6.45, 7) is 5.57. The van der Waals surface area contributed by atoms with Gasteiger partial charge in [0.1, 0.15) is 5.75 Å². The van der Waals surface area contributed by atoms with Crippen LogP contribution < -0.4 is 16.0 Å². The second kappa shape index (κ2) is 6.89. The zero-order valence-corrected chi connectivity index (χ0v) is 11.8. The number of nitrogens with two attached hydrogens (primary N) is 1. The molecule has 0 fully saturated rings. The summed E-state index contributed by atoms with van der Waals surface area (Å²) >= 11 is 0. The molecule has 0 spiro atoms. The second-order valence-electron chi connectivity index (χ2n) is 5.04. The molecule has 0 amide bonds. The van der Waals surface area contributed by atoms with E-state index in [2.05, 4.69) is 24.5 Å². The van der Waals surface area contributed by atoms with Gasteiger partial charge in [-0.2, -0.15) is 0 Å². The predicted octanol–water partition coefficient (Wildman–Crippen LogP) is 2.20. The number of rotatable bonds is 6. The molecule has 1 aliphatic heterocycles. The van der Waals surface area contributed by atoms with E-state index in [-0.39, 0.29) is 12.1 Å². The smallest absolute Gasteiger partial charge is 0.122 e. The van der Waals surface area contributed by atoms with Gasteiger partial charge in [0.2, 0.25) is 0 Å². The number of benzene rings is 1. The van der Waals surface area contributed by atoms with Crippen LogP contribution in [0.15, 0.2) is 24.3 Å². The van der Waals surface area contributed by atoms with Crippen molar-refractivity contribution >= 4 is 0 Å². The fourth-order valence-electron chi connectivity index (χ4n) is 2.74. The fraction of sp³-hybridized carbons (Fsp3) is 0.600. The highest BCUT2D eigenvalue weighted by molar-refractivity contribution is 5.37. The number of para-hydroxylation sites is 1. The summed E-state index contributed by atoms with van der Waals surface area (Å²) < 4.78 is 11.3. The Morgan fingerprint density at radius 1 is 1.47 bits per heavy atom. The van der Waals surface area contributed by atoms with Crippen LogP contribution in [0.4, 0.5) is 0 Å². The first kappa shape index (κ1) is 14.3. The molecule has 1 heterocycles. The average Bonchev–Trinajstić information content (AvgIpc) is 2.45. The van der Waals surface area contributed by atoms with Gasteiger partial charge in [0, 0.05) is 12.6 Å². The van der Waals surface area contributed by atoms with E-state index in [1.54, 1.807) is 0 Å². The third-order valence-electron chi connectivity index (χ3n) is 3.83. The number of hydrazine groups is 1. The summed E-state index contributed by atoms with van der Waals surface area (Å²) in [5, 5.41) is 0. The molecule has 0 saturated heterocycles. The molecule has 4 nitrogen and oxygen atoms in total. The Bertz CT molecular complexity index is 397. The summed E-state index contributed by atoms with van der Waals surface area (Å²) in [6, 6.07) is 8.44. The summed E-state index contributed by atoms with van der Waals surface area (Å²) in [4.78, 5) is 0. The third-order valence-corrected chi connectivity index (χ3v) is 3.83. The van der Waals surface area contributed by atoms with Crippen molar-refractivity contribution in [3.8, 4) is 5.75 Å². The van der Waals surface area contributed by atoms with E-state index in [1.165, 1.54) is 5.56 Å². The minimum Gasteiger partial charge on any atom is -0.493 e. The normalized spacial score (nSPS) is 21.3. The summed E-state index contributed by atoms with van der Waals surface area (Å²) in [5.74, 6) is 7.17. The molecule has 2 rings (SSSR count). The van der Waals surface area contributed by atoms with Crippen molar-refractivity contribution in [1.29, 1.82) is 0 Å². The van der Waals surface area contributed by atoms with Gasteiger partial charge in [-0.3, -0.25) is 11.3 Å². The largest absolute Gasteiger partial charge is 0.493 e. The monoisotopic (exact) mass is 264 g/mol. The molecule has 19 heavy (non-hydrogen) atoms. The van der Waals surface area contributed by atoms with Crippen molar-refractivity contribution in [3.05, 3.63) is 29.8 Å². The molecule has 3 unspecified atom stereocenters. The number of hydrogen-bond acceptors (Lipinski definition) is 4. The Labute approximate surface area is 115 Å². The number of nitrogens with one attached hydrogen (secondary N) is 1. The minimum absolute atomic E-state index is 0.116. The zero-order valence-electron chi connectivity index (χ0n) is 11.8. The van der Waals surface area contributed by atoms with Crippen molar-refractivity contribution in [2.75, 3.05) is 13.2 Å². The van der Waals surface area contributed by atoms with E-state index in [0.717, 1.165) is 25.2 Å². The Balaban J connectivity index is 2.06. The van der Waals surface area contributed by atoms with Gasteiger partial charge in [0.25, 0.3) is 0 Å². The van der Waals surface area contributed by atoms with Crippen LogP contribution >= 0.6 is 0 Å². The Kier molecular flexibility index (Phi) is 5.19. The molecular formula is C15H24N2O2. The predicted molar refractivity (Wildman–Crippen MR) is 76.1 cm³/mol. The van der Waals surface area contributed by atoms with Crippen LogP contribution in [0.3, 0.4) is 0 Å². The van der Waals surface area contributed by atoms with E-state index < -0.39 is 0 Å². The lowest BCUT2D eigenvalue weighted by molar-refractivity contribution is 0.0419. The molecule has 1 aromatic carbocycles. The molecule has 0 aromatic heterocycles. The summed E-state index contributed by atoms with van der Waals surface area (Å²) in [7, 11) is 0. The van der Waals surface area contributed by atoms with E-state index in [0.29, 0.717) is 12.5 Å². The van der Waals surface area contributed by atoms with Gasteiger partial charge in [0.05, 0.1) is 12.7 Å². The highest BCUT2D eigenvalue weighted by Crippen LogP contribution is 2.36. The molecule has 0 radical (unpaired) electrons. The molecule has 1 aliphatic rings. The van der Waals surface area contributed by atoms with Crippen molar-refractivity contribution in [3.63, 3.8) is 0 Å². The van der Waals surface area contributed by atoms with Crippen molar-refractivity contribution < 1.29 is 9.47 Å². The quantitative estimate of drug-likeness (QED) is 0.611. The van der Waals surface area contributed by atoms with Crippen LogP contribution in [0.1, 0.15) is 38.2 Å². The van der Waals surface area contributed by atoms with E-state index in [4.69, 9.17) is 15.3 Å². The first-order valence-electron chi connectivity index (χ1n) is 7.05. The van der Waals surface area contributed by atoms with Gasteiger partial charge in [-0.05, 0) is 44.2 Å². The Hall–Kier alpha value is -1.10. The average molecular weight is 264 g/mol. The number of fused-ring (bicyclic) bond motifs is 1. The van der Waals surface area contributed by atoms with Gasteiger partial charge >= 0.3 is 0 Å². The maximum absolute atomic E-state index is 5.69. The highest BCUT2D eigenvalue weighted by atomic mass is 16.5. The Morgan fingerprint density at radius 2 is 2.26 bits per heavy atom. The van der Waals surface area contributed by atoms with Crippen LogP contribution in [0, 0.1) is 0 Å². The van der Waals surface area contributed by atoms with Gasteiger partial charge in [0.15, 0.2) is 0 Å². The number of hydrogen-bond donors (Lipinski definition) is 2. The molecule has 1 aromatic rings. The number of ether oxygens (including phenoxy) is 2. The van der Waals surface area contributed by atoms with Crippen molar-refractivity contribution in [2.24, 2.45) is 5.84 Å². The maximum Gasteiger partial charge on any atom is 0.122 e. The molecule has 0 saturated carbocycles. The maximum atomic E-state index is 5.69. The van der Waals surface area contributed by atoms with Gasteiger partial charge in [-0.15, -0.1) is 0 Å². The SMILES string of the molecule is CCOC(C)C(CC1CCOc2ccccc21)NN. The van der Waals surface area contributed by atoms with Gasteiger partial charge in [-0.1, -0.05) is 18.2 Å². The lowest BCUT2D eigenvalue weighted by atomic mass is 9.86. The van der Waals surface area contributed by atoms with E-state index in [9.17, 15) is 0 Å². The summed E-state index contributed by atoms with van der Waals surface area (Å²) in [5.41, 5.74) is 4.19. The minimum atomic E-state index is 0.116. The van der Waals surface area contributed by atoms with Gasteiger partial charge in [-0.25, -0.2) is 0 Å². The van der Waals surface area contributed by atoms with Crippen LogP contribution in [0.2, 0.25) is 0 Å². The molecule has 0 bridgehead atoms. The van der Waals surface area contributed by atoms with Crippen LogP contribution in [-0.4, -0.2) is 25.4 Å². The first-order valence-corrected chi connectivity index (χ1v) is 7.05.